The van der Waals surface area contributed by atoms with E-state index in [-0.39, 0.29) is 11.9 Å². The lowest BCUT2D eigenvalue weighted by Gasteiger charge is -2.17. The van der Waals surface area contributed by atoms with Crippen molar-refractivity contribution < 1.29 is 9.53 Å². The number of rotatable bonds is 7. The van der Waals surface area contributed by atoms with E-state index in [1.807, 2.05) is 68.4 Å². The van der Waals surface area contributed by atoms with Crippen molar-refractivity contribution in [3.05, 3.63) is 94.8 Å². The molecule has 1 atom stereocenters. The van der Waals surface area contributed by atoms with E-state index in [0.717, 1.165) is 28.2 Å². The number of hydrogen-bond donors (Lipinski definition) is 1. The molecule has 164 valence electrons. The molecule has 32 heavy (non-hydrogen) atoms. The lowest BCUT2D eigenvalue weighted by molar-refractivity contribution is 0.0937. The van der Waals surface area contributed by atoms with Gasteiger partial charge in [-0.3, -0.25) is 4.79 Å². The molecule has 3 aromatic carbocycles. The Labute approximate surface area is 189 Å². The Morgan fingerprint density at radius 2 is 1.69 bits per heavy atom. The third-order valence-corrected chi connectivity index (χ3v) is 5.59. The molecule has 0 radical (unpaired) electrons. The zero-order valence-corrected chi connectivity index (χ0v) is 19.1. The van der Waals surface area contributed by atoms with Crippen LogP contribution in [0.1, 0.15) is 45.8 Å². The van der Waals surface area contributed by atoms with Crippen LogP contribution in [0.2, 0.25) is 0 Å². The molecule has 0 bridgehead atoms. The maximum absolute atomic E-state index is 12.9. The second-order valence-corrected chi connectivity index (χ2v) is 8.29. The molecule has 0 saturated carbocycles. The van der Waals surface area contributed by atoms with Crippen LogP contribution in [0, 0.1) is 20.8 Å². The number of ether oxygens (including phenoxy) is 1. The molecule has 0 spiro atoms. The topological polar surface area (TPSA) is 56.1 Å². The molecule has 0 aliphatic carbocycles. The van der Waals surface area contributed by atoms with Crippen LogP contribution in [0.4, 0.5) is 0 Å². The first-order valence-electron chi connectivity index (χ1n) is 10.9. The zero-order valence-electron chi connectivity index (χ0n) is 19.1. The van der Waals surface area contributed by atoms with Crippen LogP contribution in [0.3, 0.4) is 0 Å². The normalized spacial score (nSPS) is 12.0. The predicted octanol–water partition coefficient (Wildman–Crippen LogP) is 5.53. The lowest BCUT2D eigenvalue weighted by atomic mass is 10.1. The van der Waals surface area contributed by atoms with Crippen LogP contribution in [0.15, 0.2) is 66.7 Å². The van der Waals surface area contributed by atoms with E-state index in [9.17, 15) is 4.79 Å². The number of para-hydroxylation sites is 2. The average Bonchev–Trinajstić information content (AvgIpc) is 3.12. The molecule has 0 aliphatic heterocycles. The molecular weight excluding hydrogens is 398 g/mol. The highest BCUT2D eigenvalue weighted by molar-refractivity contribution is 5.95. The van der Waals surface area contributed by atoms with Gasteiger partial charge in [-0.25, -0.2) is 4.98 Å². The summed E-state index contributed by atoms with van der Waals surface area (Å²) < 4.78 is 8.19. The van der Waals surface area contributed by atoms with E-state index in [1.54, 1.807) is 0 Å². The van der Waals surface area contributed by atoms with Crippen LogP contribution in [0.25, 0.3) is 11.0 Å². The van der Waals surface area contributed by atoms with Gasteiger partial charge in [-0.1, -0.05) is 36.4 Å². The van der Waals surface area contributed by atoms with Gasteiger partial charge in [0.1, 0.15) is 18.2 Å². The van der Waals surface area contributed by atoms with Crippen molar-refractivity contribution in [3.8, 4) is 5.75 Å². The fourth-order valence-corrected chi connectivity index (χ4v) is 4.10. The fourth-order valence-electron chi connectivity index (χ4n) is 4.10. The van der Waals surface area contributed by atoms with Crippen molar-refractivity contribution in [3.63, 3.8) is 0 Å². The van der Waals surface area contributed by atoms with Gasteiger partial charge in [0, 0.05) is 5.56 Å². The minimum absolute atomic E-state index is 0.0966. The number of benzene rings is 3. The Morgan fingerprint density at radius 3 is 2.44 bits per heavy atom. The summed E-state index contributed by atoms with van der Waals surface area (Å²) in [6.07, 6.45) is 0. The fraction of sp³-hybridized carbons (Fsp3) is 0.259. The van der Waals surface area contributed by atoms with Crippen LogP contribution in [0.5, 0.6) is 5.75 Å². The smallest absolute Gasteiger partial charge is 0.252 e. The van der Waals surface area contributed by atoms with Gasteiger partial charge in [-0.05, 0) is 74.7 Å². The molecule has 4 rings (SSSR count). The summed E-state index contributed by atoms with van der Waals surface area (Å²) in [4.78, 5) is 17.7. The van der Waals surface area contributed by atoms with E-state index >= 15 is 0 Å². The van der Waals surface area contributed by atoms with Crippen LogP contribution in [-0.4, -0.2) is 22.1 Å². The summed E-state index contributed by atoms with van der Waals surface area (Å²) in [6.45, 7) is 9.19. The third kappa shape index (κ3) is 4.67. The number of carbonyl (C=O) groups is 1. The number of imidazole rings is 1. The minimum Gasteiger partial charge on any atom is -0.492 e. The number of aromatic nitrogens is 2. The van der Waals surface area contributed by atoms with E-state index < -0.39 is 0 Å². The monoisotopic (exact) mass is 427 g/mol. The van der Waals surface area contributed by atoms with Crippen molar-refractivity contribution in [1.82, 2.24) is 14.9 Å². The summed E-state index contributed by atoms with van der Waals surface area (Å²) in [6, 6.07) is 21.6. The molecule has 1 N–H and O–H groups in total. The van der Waals surface area contributed by atoms with E-state index in [1.165, 1.54) is 11.1 Å². The Hall–Kier alpha value is -3.60. The van der Waals surface area contributed by atoms with E-state index in [0.29, 0.717) is 18.7 Å². The van der Waals surface area contributed by atoms with Gasteiger partial charge in [0.15, 0.2) is 0 Å². The van der Waals surface area contributed by atoms with Crippen molar-refractivity contribution >= 4 is 16.9 Å². The van der Waals surface area contributed by atoms with Gasteiger partial charge >= 0.3 is 0 Å². The molecule has 0 aliphatic rings. The van der Waals surface area contributed by atoms with Gasteiger partial charge in [-0.2, -0.15) is 0 Å². The van der Waals surface area contributed by atoms with Crippen LogP contribution in [-0.2, 0) is 6.54 Å². The maximum Gasteiger partial charge on any atom is 0.252 e. The zero-order chi connectivity index (χ0) is 22.7. The molecule has 5 nitrogen and oxygen atoms in total. The summed E-state index contributed by atoms with van der Waals surface area (Å²) in [7, 11) is 0. The highest BCUT2D eigenvalue weighted by atomic mass is 16.5. The number of nitrogens with one attached hydrogen (secondary N) is 1. The molecule has 0 saturated heterocycles. The van der Waals surface area contributed by atoms with Crippen molar-refractivity contribution in [2.24, 2.45) is 0 Å². The van der Waals surface area contributed by atoms with Gasteiger partial charge in [0.05, 0.1) is 23.6 Å². The second kappa shape index (κ2) is 9.27. The maximum atomic E-state index is 12.9. The number of fused-ring (bicyclic) bond motifs is 1. The molecular formula is C27H29N3O2. The molecule has 0 fully saturated rings. The quantitative estimate of drug-likeness (QED) is 0.422. The second-order valence-electron chi connectivity index (χ2n) is 8.29. The molecule has 1 amide bonds. The van der Waals surface area contributed by atoms with Gasteiger partial charge in [0.25, 0.3) is 5.91 Å². The summed E-state index contributed by atoms with van der Waals surface area (Å²) in [5.41, 5.74) is 5.93. The Morgan fingerprint density at radius 1 is 1.00 bits per heavy atom. The molecule has 4 aromatic rings. The van der Waals surface area contributed by atoms with Crippen molar-refractivity contribution in [2.45, 2.75) is 40.3 Å². The summed E-state index contributed by atoms with van der Waals surface area (Å²) in [5.74, 6) is 1.59. The van der Waals surface area contributed by atoms with Crippen molar-refractivity contribution in [1.29, 1.82) is 0 Å². The van der Waals surface area contributed by atoms with Gasteiger partial charge in [0.2, 0.25) is 0 Å². The molecule has 1 heterocycles. The van der Waals surface area contributed by atoms with Crippen molar-refractivity contribution in [2.75, 3.05) is 6.61 Å². The average molecular weight is 428 g/mol. The molecule has 5 heteroatoms. The Kier molecular flexibility index (Phi) is 6.26. The van der Waals surface area contributed by atoms with E-state index in [4.69, 9.17) is 9.72 Å². The Bertz CT molecular complexity index is 1240. The third-order valence-electron chi connectivity index (χ3n) is 5.59. The first-order valence-corrected chi connectivity index (χ1v) is 10.9. The highest BCUT2D eigenvalue weighted by Crippen LogP contribution is 2.22. The minimum atomic E-state index is -0.254. The number of amides is 1. The molecule has 1 aromatic heterocycles. The summed E-state index contributed by atoms with van der Waals surface area (Å²) >= 11 is 0. The summed E-state index contributed by atoms with van der Waals surface area (Å²) in [5, 5.41) is 3.11. The number of aryl methyl sites for hydroxylation is 3. The van der Waals surface area contributed by atoms with Gasteiger partial charge < -0.3 is 14.6 Å². The number of carbonyl (C=O) groups excluding carboxylic acids is 1. The van der Waals surface area contributed by atoms with Crippen LogP contribution >= 0.6 is 0 Å². The number of hydrogen-bond acceptors (Lipinski definition) is 3. The first kappa shape index (κ1) is 21.6. The van der Waals surface area contributed by atoms with Gasteiger partial charge in [-0.15, -0.1) is 0 Å². The number of nitrogens with zero attached hydrogens (tertiary/aromatic N) is 2. The predicted molar refractivity (Wildman–Crippen MR) is 128 cm³/mol. The SMILES string of the molecule is Cc1cc(C)cc(OCCn2c(C(C)NC(=O)c3ccccc3C)nc3ccccc32)c1. The highest BCUT2D eigenvalue weighted by Gasteiger charge is 2.19. The van der Waals surface area contributed by atoms with E-state index in [2.05, 4.69) is 35.9 Å². The standard InChI is InChI=1S/C27H29N3O2/c1-18-15-19(2)17-22(16-18)32-14-13-30-25-12-8-7-11-24(25)29-26(30)21(4)28-27(31)23-10-6-5-9-20(23)3/h5-12,15-17,21H,13-14H2,1-4H3,(H,28,31). The first-order chi connectivity index (χ1) is 15.4. The largest absolute Gasteiger partial charge is 0.492 e. The molecule has 1 unspecified atom stereocenters. The van der Waals surface area contributed by atoms with Crippen LogP contribution < -0.4 is 10.1 Å². The lowest BCUT2D eigenvalue weighted by Crippen LogP contribution is -2.29. The Balaban J connectivity index is 1.55.